The van der Waals surface area contributed by atoms with Gasteiger partial charge >= 0.3 is 11.9 Å². The van der Waals surface area contributed by atoms with Gasteiger partial charge in [0.25, 0.3) is 30.9 Å². The predicted octanol–water partition coefficient (Wildman–Crippen LogP) is 20.0. The van der Waals surface area contributed by atoms with Crippen LogP contribution in [0.5, 0.6) is 17.2 Å². The van der Waals surface area contributed by atoms with Gasteiger partial charge in [-0.25, -0.2) is 0 Å². The molecule has 1 N–H and O–H groups in total. The van der Waals surface area contributed by atoms with Gasteiger partial charge in [0, 0.05) is 44.6 Å². The van der Waals surface area contributed by atoms with Gasteiger partial charge in [0.05, 0.1) is 0 Å². The number of benzene rings is 1. The van der Waals surface area contributed by atoms with Crippen molar-refractivity contribution in [2.75, 3.05) is 39.4 Å². The fraction of sp³-hybridized carbons (Fsp3) is 0.750. The normalized spacial score (nSPS) is 13.1. The zero-order valence-corrected chi connectivity index (χ0v) is 58.4. The van der Waals surface area contributed by atoms with E-state index in [4.69, 9.17) is 22.8 Å². The molecule has 0 radical (unpaired) electrons. The van der Waals surface area contributed by atoms with Gasteiger partial charge in [-0.15, -0.1) is 0 Å². The molecule has 0 atom stereocenters. The van der Waals surface area contributed by atoms with E-state index in [1.165, 1.54) is 77.0 Å². The minimum Gasteiger partial charge on any atom is -0.541 e. The lowest BCUT2D eigenvalue weighted by Crippen LogP contribution is -2.47. The van der Waals surface area contributed by atoms with Crippen molar-refractivity contribution in [1.82, 2.24) is 10.2 Å². The molecule has 0 aliphatic carbocycles. The van der Waals surface area contributed by atoms with Crippen molar-refractivity contribution in [3.8, 4) is 17.2 Å². The van der Waals surface area contributed by atoms with Crippen molar-refractivity contribution in [3.63, 3.8) is 0 Å². The van der Waals surface area contributed by atoms with E-state index < -0.39 is 25.0 Å². The summed E-state index contributed by atoms with van der Waals surface area (Å²) in [6, 6.07) is 3.71. The fourth-order valence-electron chi connectivity index (χ4n) is 8.05. The Morgan fingerprint density at radius 3 is 1.17 bits per heavy atom. The first-order valence-corrected chi connectivity index (χ1v) is 41.0. The van der Waals surface area contributed by atoms with E-state index in [0.29, 0.717) is 68.3 Å². The second-order valence-electron chi connectivity index (χ2n) is 27.2. The van der Waals surface area contributed by atoms with Crippen LogP contribution in [0.2, 0.25) is 54.4 Å². The number of allylic oxidation sites excluding steroid dienone is 8. The van der Waals surface area contributed by atoms with E-state index in [0.717, 1.165) is 64.2 Å². The molecule has 81 heavy (non-hydrogen) atoms. The molecule has 1 aromatic carbocycles. The third-order valence-electron chi connectivity index (χ3n) is 16.7. The van der Waals surface area contributed by atoms with Crippen LogP contribution in [0, 0.1) is 0 Å². The number of nitrogens with zero attached hydrogens (tertiary/aromatic N) is 1. The average molecular weight is 1180 g/mol. The quantitative estimate of drug-likeness (QED) is 0.0295. The van der Waals surface area contributed by atoms with Crippen LogP contribution in [0.3, 0.4) is 0 Å². The molecule has 466 valence electrons. The molecule has 0 saturated heterocycles. The summed E-state index contributed by atoms with van der Waals surface area (Å²) < 4.78 is 32.8. The molecule has 0 aromatic heterocycles. The van der Waals surface area contributed by atoms with Crippen molar-refractivity contribution >= 4 is 42.8 Å². The number of hydrogen-bond donors (Lipinski definition) is 1. The lowest BCUT2D eigenvalue weighted by molar-refractivity contribution is -0.144. The van der Waals surface area contributed by atoms with Gasteiger partial charge in [0.1, 0.15) is 24.7 Å². The first kappa shape index (κ1) is 75.6. The molecule has 1 aromatic rings. The zero-order chi connectivity index (χ0) is 60.9. The molecular weight excluding hydrogens is 1060 g/mol. The van der Waals surface area contributed by atoms with Gasteiger partial charge < -0.3 is 28.1 Å². The Balaban J connectivity index is 3.02. The van der Waals surface area contributed by atoms with Gasteiger partial charge in [-0.3, -0.25) is 19.3 Å². The standard InChI is InChI=1S/C68H124N2O8Si3/c1-18-20-22-24-26-28-30-32-34-36-38-40-42-44-46-49-62(71)74-55-53-70(54-56-75-63(72)50-47-45-43-41-39-37-35-33-31-29-27-25-23-21-19-2)52-48-51-69-65(73)59-57-60(76-79(12,13)66(3,4)5)64(78-81(16,17)68(9,10)11)61(58-59)77-80(14,15)67(6,7)8/h26-29,32-35,57-58H,18-25,30-31,36-56H2,1-17H3,(H,69,73). The zero-order valence-electron chi connectivity index (χ0n) is 55.4. The van der Waals surface area contributed by atoms with Crippen molar-refractivity contribution in [2.24, 2.45) is 0 Å². The molecule has 0 aliphatic heterocycles. The minimum absolute atomic E-state index is 0.0895. The highest BCUT2D eigenvalue weighted by Crippen LogP contribution is 2.50. The van der Waals surface area contributed by atoms with Gasteiger partial charge in [0.2, 0.25) is 0 Å². The van der Waals surface area contributed by atoms with Crippen LogP contribution in [0.1, 0.15) is 247 Å². The minimum atomic E-state index is -2.41. The SMILES string of the molecule is CCCCCC=CCC=CCCCCCCCC(=O)OCCN(CCCNC(=O)c1cc(O[Si](C)(C)C(C)(C)C)c(O[Si](C)(C)C(C)(C)C)c(O[Si](C)(C)C(C)(C)C)c1)CCOC(=O)CCCCCCCC=CCC=CCCCCC. The Bertz CT molecular complexity index is 1890. The van der Waals surface area contributed by atoms with Crippen LogP contribution in [0.4, 0.5) is 0 Å². The van der Waals surface area contributed by atoms with Crippen LogP contribution in [0.15, 0.2) is 60.7 Å². The summed E-state index contributed by atoms with van der Waals surface area (Å²) in [4.78, 5) is 42.2. The smallest absolute Gasteiger partial charge is 0.305 e. The second kappa shape index (κ2) is 40.8. The van der Waals surface area contributed by atoms with E-state index >= 15 is 0 Å². The number of esters is 2. The van der Waals surface area contributed by atoms with Crippen molar-refractivity contribution < 1.29 is 37.1 Å². The van der Waals surface area contributed by atoms with E-state index in [1.807, 2.05) is 12.1 Å². The summed E-state index contributed by atoms with van der Waals surface area (Å²) in [7, 11) is -7.23. The number of unbranched alkanes of at least 4 members (excludes halogenated alkanes) is 16. The molecule has 0 spiro atoms. The molecule has 0 saturated carbocycles. The number of ether oxygens (including phenoxy) is 2. The Labute approximate surface area is 501 Å². The van der Waals surface area contributed by atoms with Crippen molar-refractivity contribution in [1.29, 1.82) is 0 Å². The van der Waals surface area contributed by atoms with E-state index in [-0.39, 0.29) is 46.2 Å². The molecular formula is C68H124N2O8Si3. The van der Waals surface area contributed by atoms with Crippen LogP contribution >= 0.6 is 0 Å². The number of carbonyl (C=O) groups excluding carboxylic acids is 3. The maximum atomic E-state index is 14.3. The summed E-state index contributed by atoms with van der Waals surface area (Å²) in [5.41, 5.74) is 0.462. The first-order valence-electron chi connectivity index (χ1n) is 32.3. The Morgan fingerprint density at radius 1 is 0.457 bits per heavy atom. The molecule has 0 bridgehead atoms. The fourth-order valence-corrected chi connectivity index (χ4v) is 11.1. The summed E-state index contributed by atoms with van der Waals surface area (Å²) in [5.74, 6) is 1.16. The van der Waals surface area contributed by atoms with Gasteiger partial charge in [-0.1, -0.05) is 189 Å². The lowest BCUT2D eigenvalue weighted by atomic mass is 10.1. The number of nitrogens with one attached hydrogen (secondary N) is 1. The first-order chi connectivity index (χ1) is 38.1. The summed E-state index contributed by atoms with van der Waals surface area (Å²) in [6.07, 6.45) is 44.7. The molecule has 0 fully saturated rings. The van der Waals surface area contributed by atoms with Gasteiger partial charge in [-0.2, -0.15) is 0 Å². The van der Waals surface area contributed by atoms with E-state index in [9.17, 15) is 14.4 Å². The number of carbonyl (C=O) groups is 3. The molecule has 0 unspecified atom stereocenters. The molecule has 13 heteroatoms. The highest BCUT2D eigenvalue weighted by atomic mass is 28.4. The highest BCUT2D eigenvalue weighted by Gasteiger charge is 2.45. The molecule has 1 rings (SSSR count). The van der Waals surface area contributed by atoms with Crippen LogP contribution in [0.25, 0.3) is 0 Å². The maximum absolute atomic E-state index is 14.3. The Kier molecular flexibility index (Phi) is 38.1. The van der Waals surface area contributed by atoms with Gasteiger partial charge in [0.15, 0.2) is 5.75 Å². The third kappa shape index (κ3) is 34.2. The molecule has 0 aliphatic rings. The molecule has 10 nitrogen and oxygen atoms in total. The maximum Gasteiger partial charge on any atom is 0.305 e. The molecule has 1 amide bonds. The largest absolute Gasteiger partial charge is 0.541 e. The number of rotatable bonds is 45. The Morgan fingerprint density at radius 2 is 0.802 bits per heavy atom. The lowest BCUT2D eigenvalue weighted by Gasteiger charge is -2.42. The van der Waals surface area contributed by atoms with E-state index in [2.05, 4.69) is 174 Å². The summed E-state index contributed by atoms with van der Waals surface area (Å²) >= 11 is 0. The van der Waals surface area contributed by atoms with Gasteiger partial charge in [-0.05, 0) is 150 Å². The monoisotopic (exact) mass is 1180 g/mol. The van der Waals surface area contributed by atoms with E-state index in [1.54, 1.807) is 0 Å². The van der Waals surface area contributed by atoms with Crippen LogP contribution in [-0.2, 0) is 19.1 Å². The predicted molar refractivity (Wildman–Crippen MR) is 354 cm³/mol. The number of amides is 1. The van der Waals surface area contributed by atoms with Crippen molar-refractivity contribution in [3.05, 3.63) is 66.3 Å². The summed E-state index contributed by atoms with van der Waals surface area (Å²) in [6.45, 7) is 40.3. The average Bonchev–Trinajstić information content (AvgIpc) is 3.46. The highest BCUT2D eigenvalue weighted by molar-refractivity contribution is 6.76. The Hall–Kier alpha value is -3.40. The van der Waals surface area contributed by atoms with Crippen molar-refractivity contribution in [2.45, 2.75) is 291 Å². The topological polar surface area (TPSA) is 113 Å². The molecule has 0 heterocycles. The second-order valence-corrected chi connectivity index (χ2v) is 41.4. The summed E-state index contributed by atoms with van der Waals surface area (Å²) in [5, 5.41) is 2.89. The van der Waals surface area contributed by atoms with Crippen LogP contribution < -0.4 is 18.6 Å². The number of hydrogen-bond acceptors (Lipinski definition) is 9. The third-order valence-corrected chi connectivity index (χ3v) is 29.7. The van der Waals surface area contributed by atoms with Crippen LogP contribution in [-0.4, -0.2) is 87.1 Å².